The normalized spacial score (nSPS) is 18.3. The van der Waals surface area contributed by atoms with Crippen molar-refractivity contribution < 1.29 is 19.1 Å². The zero-order valence-corrected chi connectivity index (χ0v) is 13.8. The van der Waals surface area contributed by atoms with Crippen LogP contribution in [0.25, 0.3) is 0 Å². The first-order valence-corrected chi connectivity index (χ1v) is 7.90. The summed E-state index contributed by atoms with van der Waals surface area (Å²) in [4.78, 5) is 27.3. The Kier molecular flexibility index (Phi) is 6.26. The molecule has 0 amide bonds. The number of esters is 2. The van der Waals surface area contributed by atoms with Gasteiger partial charge in [-0.15, -0.1) is 0 Å². The van der Waals surface area contributed by atoms with E-state index in [1.165, 1.54) is 0 Å². The van der Waals surface area contributed by atoms with Gasteiger partial charge in [0.15, 0.2) is 0 Å². The van der Waals surface area contributed by atoms with E-state index in [1.807, 2.05) is 26.2 Å². The molecule has 6 nitrogen and oxygen atoms in total. The molecule has 0 fully saturated rings. The highest BCUT2D eigenvalue weighted by Gasteiger charge is 2.14. The Balaban J connectivity index is 2.10. The molecule has 1 heterocycles. The van der Waals surface area contributed by atoms with Crippen molar-refractivity contribution in [2.45, 2.75) is 19.3 Å². The highest BCUT2D eigenvalue weighted by atomic mass is 16.6. The van der Waals surface area contributed by atoms with Crippen molar-refractivity contribution >= 4 is 23.3 Å². The van der Waals surface area contributed by atoms with Crippen LogP contribution in [0, 0.1) is 0 Å². The molecule has 1 aliphatic rings. The SMILES string of the molecule is CN1CCCOC(=O)CC(=O)OCCCN(C)c2ccccc21. The maximum absolute atomic E-state index is 11.5. The van der Waals surface area contributed by atoms with E-state index in [0.29, 0.717) is 26.1 Å². The minimum atomic E-state index is -0.523. The number of rotatable bonds is 0. The number of hydrogen-bond donors (Lipinski definition) is 0. The molecule has 1 aromatic rings. The van der Waals surface area contributed by atoms with Gasteiger partial charge in [0.1, 0.15) is 6.42 Å². The van der Waals surface area contributed by atoms with Gasteiger partial charge in [0.05, 0.1) is 24.6 Å². The Labute approximate surface area is 137 Å². The molecule has 1 aromatic carbocycles. The largest absolute Gasteiger partial charge is 0.465 e. The fourth-order valence-electron chi connectivity index (χ4n) is 2.55. The second kappa shape index (κ2) is 8.41. The number of cyclic esters (lactones) is 2. The first kappa shape index (κ1) is 17.1. The van der Waals surface area contributed by atoms with Gasteiger partial charge < -0.3 is 19.3 Å². The van der Waals surface area contributed by atoms with Gasteiger partial charge >= 0.3 is 11.9 Å². The molecule has 0 aromatic heterocycles. The van der Waals surface area contributed by atoms with Gasteiger partial charge in [-0.3, -0.25) is 9.59 Å². The molecule has 0 spiro atoms. The molecule has 1 aliphatic heterocycles. The van der Waals surface area contributed by atoms with E-state index in [4.69, 9.17) is 9.47 Å². The summed E-state index contributed by atoms with van der Waals surface area (Å²) in [5.41, 5.74) is 2.27. The fourth-order valence-corrected chi connectivity index (χ4v) is 2.55. The number of benzene rings is 1. The number of anilines is 2. The Hall–Kier alpha value is -2.24. The summed E-state index contributed by atoms with van der Waals surface area (Å²) in [5, 5.41) is 0. The van der Waals surface area contributed by atoms with Crippen molar-refractivity contribution in [2.75, 3.05) is 50.2 Å². The molecule has 0 unspecified atom stereocenters. The number of ether oxygens (including phenoxy) is 2. The molecule has 126 valence electrons. The minimum Gasteiger partial charge on any atom is -0.465 e. The maximum Gasteiger partial charge on any atom is 0.317 e. The molecular formula is C17H24N2O4. The summed E-state index contributed by atoms with van der Waals surface area (Å²) in [6.45, 7) is 2.13. The predicted molar refractivity (Wildman–Crippen MR) is 88.8 cm³/mol. The van der Waals surface area contributed by atoms with E-state index in [0.717, 1.165) is 24.5 Å². The van der Waals surface area contributed by atoms with E-state index < -0.39 is 11.9 Å². The van der Waals surface area contributed by atoms with E-state index in [-0.39, 0.29) is 6.42 Å². The number of carbonyl (C=O) groups excluding carboxylic acids is 2. The zero-order valence-electron chi connectivity index (χ0n) is 13.8. The summed E-state index contributed by atoms with van der Waals surface area (Å²) in [6.07, 6.45) is 1.09. The number of hydrogen-bond acceptors (Lipinski definition) is 6. The van der Waals surface area contributed by atoms with Crippen LogP contribution in [0.1, 0.15) is 19.3 Å². The molecular weight excluding hydrogens is 296 g/mol. The first-order chi connectivity index (χ1) is 11.1. The number of para-hydroxylation sites is 2. The number of nitrogens with zero attached hydrogens (tertiary/aromatic N) is 2. The van der Waals surface area contributed by atoms with E-state index in [1.54, 1.807) is 0 Å². The molecule has 2 rings (SSSR count). The third-order valence-electron chi connectivity index (χ3n) is 3.79. The lowest BCUT2D eigenvalue weighted by atomic mass is 10.2. The summed E-state index contributed by atoms with van der Waals surface area (Å²) in [6, 6.07) is 8.18. The van der Waals surface area contributed by atoms with Crippen LogP contribution in [0.15, 0.2) is 24.3 Å². The van der Waals surface area contributed by atoms with E-state index >= 15 is 0 Å². The molecule has 0 saturated carbocycles. The van der Waals surface area contributed by atoms with Gasteiger partial charge in [-0.1, -0.05) is 12.1 Å². The van der Waals surface area contributed by atoms with Crippen molar-refractivity contribution in [1.29, 1.82) is 0 Å². The topological polar surface area (TPSA) is 59.1 Å². The molecule has 0 bridgehead atoms. The first-order valence-electron chi connectivity index (χ1n) is 7.90. The molecule has 0 radical (unpaired) electrons. The Morgan fingerprint density at radius 3 is 1.70 bits per heavy atom. The van der Waals surface area contributed by atoms with Crippen LogP contribution in [0.3, 0.4) is 0 Å². The van der Waals surface area contributed by atoms with Gasteiger partial charge in [-0.25, -0.2) is 0 Å². The summed E-state index contributed by atoms with van der Waals surface area (Å²) in [7, 11) is 4.05. The van der Waals surface area contributed by atoms with Crippen molar-refractivity contribution in [3.63, 3.8) is 0 Å². The fraction of sp³-hybridized carbons (Fsp3) is 0.529. The second-order valence-corrected chi connectivity index (χ2v) is 5.66. The maximum atomic E-state index is 11.5. The van der Waals surface area contributed by atoms with Crippen LogP contribution < -0.4 is 9.80 Å². The highest BCUT2D eigenvalue weighted by Crippen LogP contribution is 2.27. The summed E-state index contributed by atoms with van der Waals surface area (Å²) >= 11 is 0. The summed E-state index contributed by atoms with van der Waals surface area (Å²) < 4.78 is 10.1. The van der Waals surface area contributed by atoms with Crippen molar-refractivity contribution in [3.05, 3.63) is 24.3 Å². The lowest BCUT2D eigenvalue weighted by Crippen LogP contribution is -2.25. The Morgan fingerprint density at radius 2 is 1.26 bits per heavy atom. The third kappa shape index (κ3) is 5.16. The molecule has 0 saturated heterocycles. The zero-order chi connectivity index (χ0) is 16.7. The number of carbonyl (C=O) groups is 2. The summed E-state index contributed by atoms with van der Waals surface area (Å²) in [5.74, 6) is -1.05. The average Bonchev–Trinajstić information content (AvgIpc) is 2.54. The molecule has 23 heavy (non-hydrogen) atoms. The molecule has 6 heteroatoms. The van der Waals surface area contributed by atoms with Gasteiger partial charge in [0.2, 0.25) is 0 Å². The lowest BCUT2D eigenvalue weighted by Gasteiger charge is -2.27. The quantitative estimate of drug-likeness (QED) is 0.537. The van der Waals surface area contributed by atoms with Crippen LogP contribution in [-0.2, 0) is 19.1 Å². The van der Waals surface area contributed by atoms with Crippen LogP contribution in [-0.4, -0.2) is 52.3 Å². The third-order valence-corrected chi connectivity index (χ3v) is 3.79. The van der Waals surface area contributed by atoms with Crippen molar-refractivity contribution in [2.24, 2.45) is 0 Å². The van der Waals surface area contributed by atoms with Crippen LogP contribution in [0.5, 0.6) is 0 Å². The second-order valence-electron chi connectivity index (χ2n) is 5.66. The van der Waals surface area contributed by atoms with Gasteiger partial charge in [0, 0.05) is 27.2 Å². The average molecular weight is 320 g/mol. The van der Waals surface area contributed by atoms with E-state index in [2.05, 4.69) is 21.9 Å². The molecule has 0 N–H and O–H groups in total. The van der Waals surface area contributed by atoms with Crippen LogP contribution in [0.4, 0.5) is 11.4 Å². The highest BCUT2D eigenvalue weighted by molar-refractivity contribution is 5.91. The Morgan fingerprint density at radius 1 is 0.826 bits per heavy atom. The van der Waals surface area contributed by atoms with Gasteiger partial charge in [0.25, 0.3) is 0 Å². The molecule has 0 atom stereocenters. The van der Waals surface area contributed by atoms with Crippen LogP contribution >= 0.6 is 0 Å². The van der Waals surface area contributed by atoms with E-state index in [9.17, 15) is 9.59 Å². The predicted octanol–water partition coefficient (Wildman–Crippen LogP) is 1.83. The number of fused-ring (bicyclic) bond motifs is 1. The minimum absolute atomic E-state index is 0.300. The van der Waals surface area contributed by atoms with Crippen LogP contribution in [0.2, 0.25) is 0 Å². The van der Waals surface area contributed by atoms with Gasteiger partial charge in [-0.05, 0) is 25.0 Å². The van der Waals surface area contributed by atoms with Crippen molar-refractivity contribution in [1.82, 2.24) is 0 Å². The van der Waals surface area contributed by atoms with Gasteiger partial charge in [-0.2, -0.15) is 0 Å². The Bertz CT molecular complexity index is 500. The smallest absolute Gasteiger partial charge is 0.317 e. The molecule has 0 aliphatic carbocycles. The monoisotopic (exact) mass is 320 g/mol. The lowest BCUT2D eigenvalue weighted by molar-refractivity contribution is -0.154. The van der Waals surface area contributed by atoms with Crippen molar-refractivity contribution in [3.8, 4) is 0 Å². The standard InChI is InChI=1S/C17H24N2O4/c1-18-9-5-11-22-16(20)13-17(21)23-12-6-10-19(2)15-8-4-3-7-14(15)18/h3-4,7-8H,5-6,9-13H2,1-2H3.